The molecule has 0 unspecified atom stereocenters. The van der Waals surface area contributed by atoms with Crippen LogP contribution in [0.3, 0.4) is 0 Å². The second-order valence-corrected chi connectivity index (χ2v) is 5.61. The lowest BCUT2D eigenvalue weighted by molar-refractivity contribution is 0.629. The first-order valence-corrected chi connectivity index (χ1v) is 6.83. The molecule has 3 rings (SSSR count). The van der Waals surface area contributed by atoms with Gasteiger partial charge in [-0.25, -0.2) is 9.37 Å². The molecule has 1 heterocycles. The number of nitrogens with zero attached hydrogens (tertiary/aromatic N) is 1. The molecular formula is C13H7Br2FN2. The van der Waals surface area contributed by atoms with Gasteiger partial charge in [-0.15, -0.1) is 0 Å². The fourth-order valence-electron chi connectivity index (χ4n) is 1.82. The SMILES string of the molecule is Fc1cccc(Br)c1-c1nc2ccc(Br)cc2[nH]1. The highest BCUT2D eigenvalue weighted by molar-refractivity contribution is 9.10. The lowest BCUT2D eigenvalue weighted by Gasteiger charge is -2.01. The second-order valence-electron chi connectivity index (χ2n) is 3.84. The molecule has 0 saturated carbocycles. The quantitative estimate of drug-likeness (QED) is 0.649. The first kappa shape index (κ1) is 11.9. The first-order chi connectivity index (χ1) is 8.65. The maximum absolute atomic E-state index is 13.8. The first-order valence-electron chi connectivity index (χ1n) is 5.25. The molecule has 3 aromatic rings. The van der Waals surface area contributed by atoms with Gasteiger partial charge in [0.05, 0.1) is 16.6 Å². The van der Waals surface area contributed by atoms with E-state index in [-0.39, 0.29) is 5.82 Å². The largest absolute Gasteiger partial charge is 0.338 e. The van der Waals surface area contributed by atoms with Crippen LogP contribution < -0.4 is 0 Å². The summed E-state index contributed by atoms with van der Waals surface area (Å²) < 4.78 is 15.5. The van der Waals surface area contributed by atoms with Crippen molar-refractivity contribution in [3.63, 3.8) is 0 Å². The Hall–Kier alpha value is -1.20. The zero-order valence-corrected chi connectivity index (χ0v) is 12.2. The van der Waals surface area contributed by atoms with Crippen LogP contribution in [0.15, 0.2) is 45.3 Å². The molecule has 0 aliphatic rings. The Labute approximate surface area is 119 Å². The Morgan fingerprint density at radius 2 is 1.94 bits per heavy atom. The lowest BCUT2D eigenvalue weighted by atomic mass is 10.2. The van der Waals surface area contributed by atoms with Crippen molar-refractivity contribution in [2.24, 2.45) is 0 Å². The van der Waals surface area contributed by atoms with Gasteiger partial charge >= 0.3 is 0 Å². The smallest absolute Gasteiger partial charge is 0.142 e. The number of benzene rings is 2. The summed E-state index contributed by atoms with van der Waals surface area (Å²) in [6.07, 6.45) is 0. The molecule has 0 atom stereocenters. The maximum atomic E-state index is 13.8. The van der Waals surface area contributed by atoms with Crippen LogP contribution in [0.5, 0.6) is 0 Å². The van der Waals surface area contributed by atoms with Crippen LogP contribution >= 0.6 is 31.9 Å². The molecule has 90 valence electrons. The van der Waals surface area contributed by atoms with Crippen LogP contribution in [0, 0.1) is 5.82 Å². The Morgan fingerprint density at radius 3 is 2.72 bits per heavy atom. The molecule has 0 fully saturated rings. The molecule has 0 aliphatic carbocycles. The van der Waals surface area contributed by atoms with E-state index >= 15 is 0 Å². The number of halogens is 3. The van der Waals surface area contributed by atoms with Crippen LogP contribution in [0.2, 0.25) is 0 Å². The van der Waals surface area contributed by atoms with Crippen molar-refractivity contribution >= 4 is 42.9 Å². The predicted octanol–water partition coefficient (Wildman–Crippen LogP) is 4.89. The normalized spacial score (nSPS) is 11.1. The maximum Gasteiger partial charge on any atom is 0.142 e. The average molecular weight is 370 g/mol. The third kappa shape index (κ3) is 1.97. The van der Waals surface area contributed by atoms with Gasteiger partial charge in [-0.3, -0.25) is 0 Å². The minimum atomic E-state index is -0.303. The van der Waals surface area contributed by atoms with Crippen molar-refractivity contribution in [3.8, 4) is 11.4 Å². The molecule has 0 spiro atoms. The predicted molar refractivity (Wildman–Crippen MR) is 76.9 cm³/mol. The molecule has 2 nitrogen and oxygen atoms in total. The van der Waals surface area contributed by atoms with Crippen LogP contribution in [0.25, 0.3) is 22.4 Å². The van der Waals surface area contributed by atoms with Crippen LogP contribution in [0.1, 0.15) is 0 Å². The van der Waals surface area contributed by atoms with E-state index in [4.69, 9.17) is 0 Å². The number of fused-ring (bicyclic) bond motifs is 1. The monoisotopic (exact) mass is 368 g/mol. The van der Waals surface area contributed by atoms with Crippen molar-refractivity contribution in [2.75, 3.05) is 0 Å². The lowest BCUT2D eigenvalue weighted by Crippen LogP contribution is -1.87. The van der Waals surface area contributed by atoms with E-state index in [1.807, 2.05) is 18.2 Å². The summed E-state index contributed by atoms with van der Waals surface area (Å²) in [6, 6.07) is 10.6. The van der Waals surface area contributed by atoms with E-state index in [0.29, 0.717) is 15.9 Å². The minimum Gasteiger partial charge on any atom is -0.338 e. The summed E-state index contributed by atoms with van der Waals surface area (Å²) in [5.74, 6) is 0.218. The molecule has 0 amide bonds. The molecule has 5 heteroatoms. The Morgan fingerprint density at radius 1 is 1.11 bits per heavy atom. The van der Waals surface area contributed by atoms with E-state index in [1.54, 1.807) is 12.1 Å². The summed E-state index contributed by atoms with van der Waals surface area (Å²) in [6.45, 7) is 0. The summed E-state index contributed by atoms with van der Waals surface area (Å²) in [4.78, 5) is 7.52. The number of aromatic amines is 1. The van der Waals surface area contributed by atoms with E-state index in [2.05, 4.69) is 41.8 Å². The van der Waals surface area contributed by atoms with Gasteiger partial charge in [0.2, 0.25) is 0 Å². The highest BCUT2D eigenvalue weighted by Gasteiger charge is 2.13. The summed E-state index contributed by atoms with van der Waals surface area (Å²) in [7, 11) is 0. The molecule has 0 saturated heterocycles. The fraction of sp³-hybridized carbons (Fsp3) is 0. The van der Waals surface area contributed by atoms with Crippen molar-refractivity contribution in [1.29, 1.82) is 0 Å². The van der Waals surface area contributed by atoms with Gasteiger partial charge in [-0.1, -0.05) is 22.0 Å². The van der Waals surface area contributed by atoms with E-state index in [9.17, 15) is 4.39 Å². The van der Waals surface area contributed by atoms with Gasteiger partial charge < -0.3 is 4.98 Å². The Kier molecular flexibility index (Phi) is 2.95. The zero-order valence-electron chi connectivity index (χ0n) is 9.05. The van der Waals surface area contributed by atoms with Gasteiger partial charge in [0, 0.05) is 8.95 Å². The van der Waals surface area contributed by atoms with E-state index < -0.39 is 0 Å². The third-order valence-corrected chi connectivity index (χ3v) is 3.80. The van der Waals surface area contributed by atoms with E-state index in [0.717, 1.165) is 15.5 Å². The summed E-state index contributed by atoms with van der Waals surface area (Å²) in [5, 5.41) is 0. The standard InChI is InChI=1S/C13H7Br2FN2/c14-7-4-5-10-11(6-7)18-13(17-10)12-8(15)2-1-3-9(12)16/h1-6H,(H,17,18). The number of rotatable bonds is 1. The molecule has 1 aromatic heterocycles. The number of hydrogen-bond donors (Lipinski definition) is 1. The fourth-order valence-corrected chi connectivity index (χ4v) is 2.72. The zero-order chi connectivity index (χ0) is 12.7. The topological polar surface area (TPSA) is 28.7 Å². The molecule has 0 aliphatic heterocycles. The van der Waals surface area contributed by atoms with Gasteiger partial charge in [-0.2, -0.15) is 0 Å². The number of imidazole rings is 1. The molecule has 0 bridgehead atoms. The van der Waals surface area contributed by atoms with Gasteiger partial charge in [0.15, 0.2) is 0 Å². The van der Waals surface area contributed by atoms with E-state index in [1.165, 1.54) is 6.07 Å². The van der Waals surface area contributed by atoms with Crippen LogP contribution in [-0.4, -0.2) is 9.97 Å². The Balaban J connectivity index is 2.26. The number of aromatic nitrogens is 2. The van der Waals surface area contributed by atoms with Crippen LogP contribution in [-0.2, 0) is 0 Å². The third-order valence-electron chi connectivity index (χ3n) is 2.64. The van der Waals surface area contributed by atoms with Crippen molar-refractivity contribution in [2.45, 2.75) is 0 Å². The molecule has 18 heavy (non-hydrogen) atoms. The van der Waals surface area contributed by atoms with Crippen LogP contribution in [0.4, 0.5) is 4.39 Å². The molecule has 0 radical (unpaired) electrons. The molecular weight excluding hydrogens is 363 g/mol. The van der Waals surface area contributed by atoms with Gasteiger partial charge in [0.1, 0.15) is 11.6 Å². The molecule has 2 aromatic carbocycles. The Bertz CT molecular complexity index is 717. The van der Waals surface area contributed by atoms with Crippen molar-refractivity contribution < 1.29 is 4.39 Å². The summed E-state index contributed by atoms with van der Waals surface area (Å²) >= 11 is 6.74. The average Bonchev–Trinajstić information content (AvgIpc) is 2.71. The summed E-state index contributed by atoms with van der Waals surface area (Å²) in [5.41, 5.74) is 2.13. The highest BCUT2D eigenvalue weighted by Crippen LogP contribution is 2.30. The van der Waals surface area contributed by atoms with Crippen molar-refractivity contribution in [3.05, 3.63) is 51.2 Å². The molecule has 1 N–H and O–H groups in total. The van der Waals surface area contributed by atoms with Gasteiger partial charge in [0.25, 0.3) is 0 Å². The minimum absolute atomic E-state index is 0.303. The number of H-pyrrole nitrogens is 1. The number of hydrogen-bond acceptors (Lipinski definition) is 1. The second kappa shape index (κ2) is 4.48. The van der Waals surface area contributed by atoms with Crippen molar-refractivity contribution in [1.82, 2.24) is 9.97 Å². The van der Waals surface area contributed by atoms with Gasteiger partial charge in [-0.05, 0) is 46.3 Å². The highest BCUT2D eigenvalue weighted by atomic mass is 79.9. The number of nitrogens with one attached hydrogen (secondary N) is 1.